The number of carbonyl (C=O) groups is 1. The molecule has 27 heavy (non-hydrogen) atoms. The van der Waals surface area contributed by atoms with Crippen LogP contribution in [0.2, 0.25) is 0 Å². The van der Waals surface area contributed by atoms with Gasteiger partial charge in [-0.15, -0.1) is 0 Å². The third kappa shape index (κ3) is 4.69. The first-order chi connectivity index (χ1) is 13.1. The highest BCUT2D eigenvalue weighted by atomic mass is 16.6. The highest BCUT2D eigenvalue weighted by molar-refractivity contribution is 5.93. The number of benzene rings is 2. The van der Waals surface area contributed by atoms with Crippen molar-refractivity contribution in [2.75, 3.05) is 31.5 Å². The van der Waals surface area contributed by atoms with Crippen LogP contribution < -0.4 is 11.1 Å². The van der Waals surface area contributed by atoms with Crippen molar-refractivity contribution in [2.24, 2.45) is 11.7 Å². The minimum atomic E-state index is -0.494. The number of nitrogens with two attached hydrogens (primary N) is 1. The lowest BCUT2D eigenvalue weighted by Gasteiger charge is -2.16. The average Bonchev–Trinajstić information content (AvgIpc) is 3.11. The monoisotopic (exact) mass is 368 g/mol. The number of amides is 1. The molecule has 0 saturated carbocycles. The summed E-state index contributed by atoms with van der Waals surface area (Å²) in [6.07, 6.45) is 0.283. The SMILES string of the molecule is NC[C@@H]1CN(CCC(=O)Nc2ccccc2[N+](=O)[O-])C[C@H]1c1ccccc1. The molecule has 142 valence electrons. The van der Waals surface area contributed by atoms with E-state index in [1.54, 1.807) is 18.2 Å². The number of anilines is 1. The van der Waals surface area contributed by atoms with Gasteiger partial charge in [-0.3, -0.25) is 14.9 Å². The average molecular weight is 368 g/mol. The van der Waals surface area contributed by atoms with Crippen LogP contribution >= 0.6 is 0 Å². The highest BCUT2D eigenvalue weighted by Gasteiger charge is 2.32. The van der Waals surface area contributed by atoms with Crippen LogP contribution in [0.3, 0.4) is 0 Å². The number of nitro groups is 1. The molecule has 2 aromatic carbocycles. The van der Waals surface area contributed by atoms with Crippen molar-refractivity contribution in [1.82, 2.24) is 4.90 Å². The van der Waals surface area contributed by atoms with Gasteiger partial charge in [0.05, 0.1) is 4.92 Å². The van der Waals surface area contributed by atoms with Gasteiger partial charge in [0.25, 0.3) is 5.69 Å². The van der Waals surface area contributed by atoms with Gasteiger partial charge in [-0.2, -0.15) is 0 Å². The summed E-state index contributed by atoms with van der Waals surface area (Å²) in [6.45, 7) is 2.93. The summed E-state index contributed by atoms with van der Waals surface area (Å²) in [5.74, 6) is 0.511. The Morgan fingerprint density at radius 3 is 2.56 bits per heavy atom. The predicted molar refractivity (Wildman–Crippen MR) is 105 cm³/mol. The largest absolute Gasteiger partial charge is 0.330 e. The Balaban J connectivity index is 1.56. The molecule has 1 amide bonds. The van der Waals surface area contributed by atoms with Crippen LogP contribution in [0.5, 0.6) is 0 Å². The zero-order valence-electron chi connectivity index (χ0n) is 15.1. The van der Waals surface area contributed by atoms with Crippen molar-refractivity contribution in [3.05, 3.63) is 70.3 Å². The lowest BCUT2D eigenvalue weighted by molar-refractivity contribution is -0.383. The molecule has 1 aliphatic rings. The fourth-order valence-corrected chi connectivity index (χ4v) is 3.67. The Kier molecular flexibility index (Phi) is 6.16. The molecule has 1 aliphatic heterocycles. The van der Waals surface area contributed by atoms with Crippen LogP contribution in [0, 0.1) is 16.0 Å². The number of hydrogen-bond donors (Lipinski definition) is 2. The van der Waals surface area contributed by atoms with Crippen LogP contribution in [-0.4, -0.2) is 41.9 Å². The Labute approximate surface area is 158 Å². The Hall–Kier alpha value is -2.77. The molecule has 7 heteroatoms. The molecule has 7 nitrogen and oxygen atoms in total. The van der Waals surface area contributed by atoms with Crippen molar-refractivity contribution < 1.29 is 9.72 Å². The zero-order chi connectivity index (χ0) is 19.2. The number of likely N-dealkylation sites (tertiary alicyclic amines) is 1. The summed E-state index contributed by atoms with van der Waals surface area (Å²) in [4.78, 5) is 25.1. The molecule has 2 aromatic rings. The van der Waals surface area contributed by atoms with E-state index in [2.05, 4.69) is 22.3 Å². The third-order valence-electron chi connectivity index (χ3n) is 5.08. The second-order valence-electron chi connectivity index (χ2n) is 6.84. The van der Waals surface area contributed by atoms with Crippen LogP contribution in [0.15, 0.2) is 54.6 Å². The van der Waals surface area contributed by atoms with Crippen molar-refractivity contribution in [3.63, 3.8) is 0 Å². The molecular formula is C20H24N4O3. The molecular weight excluding hydrogens is 344 g/mol. The maximum Gasteiger partial charge on any atom is 0.292 e. The summed E-state index contributed by atoms with van der Waals surface area (Å²) in [7, 11) is 0. The molecule has 1 saturated heterocycles. The van der Waals surface area contributed by atoms with Gasteiger partial charge in [0.15, 0.2) is 0 Å². The van der Waals surface area contributed by atoms with Crippen molar-refractivity contribution in [3.8, 4) is 0 Å². The molecule has 0 unspecified atom stereocenters. The summed E-state index contributed by atoms with van der Waals surface area (Å²) in [6, 6.07) is 16.5. The molecule has 3 rings (SSSR count). The van der Waals surface area contributed by atoms with Gasteiger partial charge >= 0.3 is 0 Å². The van der Waals surface area contributed by atoms with Gasteiger partial charge < -0.3 is 16.0 Å². The van der Waals surface area contributed by atoms with Gasteiger partial charge in [0.1, 0.15) is 5.69 Å². The highest BCUT2D eigenvalue weighted by Crippen LogP contribution is 2.32. The van der Waals surface area contributed by atoms with Crippen molar-refractivity contribution in [2.45, 2.75) is 12.3 Å². The van der Waals surface area contributed by atoms with E-state index in [4.69, 9.17) is 5.73 Å². The van der Waals surface area contributed by atoms with Crippen LogP contribution in [-0.2, 0) is 4.79 Å². The number of nitrogens with one attached hydrogen (secondary N) is 1. The normalized spacial score (nSPS) is 19.7. The quantitative estimate of drug-likeness (QED) is 0.578. The Bertz CT molecular complexity index is 797. The van der Waals surface area contributed by atoms with E-state index in [0.717, 1.165) is 13.1 Å². The molecule has 3 N–H and O–H groups in total. The minimum Gasteiger partial charge on any atom is -0.330 e. The van der Waals surface area contributed by atoms with E-state index in [1.807, 2.05) is 18.2 Å². The molecule has 0 bridgehead atoms. The van der Waals surface area contributed by atoms with E-state index < -0.39 is 4.92 Å². The molecule has 0 radical (unpaired) electrons. The number of hydrogen-bond acceptors (Lipinski definition) is 5. The number of nitro benzene ring substituents is 1. The standard InChI is InChI=1S/C20H24N4O3/c21-12-16-13-23(14-17(16)15-6-2-1-3-7-15)11-10-20(25)22-18-8-4-5-9-19(18)24(26)27/h1-9,16-17H,10-14,21H2,(H,22,25)/t16-,17+/m1/s1. The summed E-state index contributed by atoms with van der Waals surface area (Å²) in [5, 5.41) is 13.7. The summed E-state index contributed by atoms with van der Waals surface area (Å²) in [5.41, 5.74) is 7.37. The van der Waals surface area contributed by atoms with Gasteiger partial charge in [0, 0.05) is 38.0 Å². The van der Waals surface area contributed by atoms with E-state index in [-0.39, 0.29) is 23.7 Å². The van der Waals surface area contributed by atoms with Gasteiger partial charge in [-0.1, -0.05) is 42.5 Å². The second kappa shape index (κ2) is 8.75. The number of para-hydroxylation sites is 2. The lowest BCUT2D eigenvalue weighted by Crippen LogP contribution is -2.27. The maximum absolute atomic E-state index is 12.3. The number of nitrogens with zero attached hydrogens (tertiary/aromatic N) is 2. The second-order valence-corrected chi connectivity index (χ2v) is 6.84. The van der Waals surface area contributed by atoms with E-state index in [0.29, 0.717) is 24.9 Å². The van der Waals surface area contributed by atoms with Crippen LogP contribution in [0.1, 0.15) is 17.9 Å². The van der Waals surface area contributed by atoms with Crippen molar-refractivity contribution >= 4 is 17.3 Å². The molecule has 2 atom stereocenters. The fourth-order valence-electron chi connectivity index (χ4n) is 3.67. The van der Waals surface area contributed by atoms with Crippen molar-refractivity contribution in [1.29, 1.82) is 0 Å². The third-order valence-corrected chi connectivity index (χ3v) is 5.08. The molecule has 1 fully saturated rings. The maximum atomic E-state index is 12.3. The van der Waals surface area contributed by atoms with Gasteiger partial charge in [-0.05, 0) is 24.1 Å². The summed E-state index contributed by atoms with van der Waals surface area (Å²) < 4.78 is 0. The van der Waals surface area contributed by atoms with Gasteiger partial charge in [-0.25, -0.2) is 0 Å². The van der Waals surface area contributed by atoms with Crippen LogP contribution in [0.4, 0.5) is 11.4 Å². The minimum absolute atomic E-state index is 0.0978. The fraction of sp³-hybridized carbons (Fsp3) is 0.350. The Morgan fingerprint density at radius 2 is 1.85 bits per heavy atom. The Morgan fingerprint density at radius 1 is 1.15 bits per heavy atom. The molecule has 0 spiro atoms. The first kappa shape index (κ1) is 19.0. The summed E-state index contributed by atoms with van der Waals surface area (Å²) >= 11 is 0. The number of carbonyl (C=O) groups excluding carboxylic acids is 1. The molecule has 0 aliphatic carbocycles. The van der Waals surface area contributed by atoms with E-state index >= 15 is 0 Å². The van der Waals surface area contributed by atoms with Gasteiger partial charge in [0.2, 0.25) is 5.91 Å². The molecule has 0 aromatic heterocycles. The first-order valence-electron chi connectivity index (χ1n) is 9.09. The molecule has 1 heterocycles. The smallest absolute Gasteiger partial charge is 0.292 e. The predicted octanol–water partition coefficient (Wildman–Crippen LogP) is 2.60. The topological polar surface area (TPSA) is 102 Å². The van der Waals surface area contributed by atoms with E-state index in [9.17, 15) is 14.9 Å². The first-order valence-corrected chi connectivity index (χ1v) is 9.09. The lowest BCUT2D eigenvalue weighted by atomic mass is 9.89. The van der Waals surface area contributed by atoms with Crippen LogP contribution in [0.25, 0.3) is 0 Å². The van der Waals surface area contributed by atoms with E-state index in [1.165, 1.54) is 11.6 Å². The number of rotatable bonds is 7. The zero-order valence-corrected chi connectivity index (χ0v) is 15.1.